The van der Waals surface area contributed by atoms with Crippen LogP contribution < -0.4 is 15.5 Å². The summed E-state index contributed by atoms with van der Waals surface area (Å²) in [6, 6.07) is 3.64. The van der Waals surface area contributed by atoms with Crippen molar-refractivity contribution in [3.05, 3.63) is 81.5 Å². The Morgan fingerprint density at radius 3 is 2.41 bits per heavy atom. The van der Waals surface area contributed by atoms with Crippen molar-refractivity contribution < 1.29 is 52.4 Å². The van der Waals surface area contributed by atoms with Gasteiger partial charge >= 0.3 is 11.8 Å². The van der Waals surface area contributed by atoms with Gasteiger partial charge in [0.1, 0.15) is 40.3 Å². The van der Waals surface area contributed by atoms with E-state index in [-0.39, 0.29) is 86.1 Å². The summed E-state index contributed by atoms with van der Waals surface area (Å²) in [5.41, 5.74) is -0.612. The van der Waals surface area contributed by atoms with Gasteiger partial charge in [0.2, 0.25) is 5.43 Å². The second-order valence-electron chi connectivity index (χ2n) is 16.0. The molecule has 13 nitrogen and oxygen atoms in total. The normalized spacial score (nSPS) is 30.3. The summed E-state index contributed by atoms with van der Waals surface area (Å²) in [5.74, 6) is -6.37. The Kier molecular flexibility index (Phi) is 12.1. The minimum absolute atomic E-state index is 0.0167. The SMILES string of the molecule is CO[C@H]1/C=C/O[C@@]2(C)Oc3c(C)c(O)c4c(=O)c(c5oc6cc(F)ccc6nc-5c4c3C2=O)NCC(=O)/C(C)=C\C=C\[C@H](C)[C@H](O)[C@@H](C)[C@@H](C)[C@@H](C)[C@H](OC(C)=O)[C@@H]1C. The number of carbonyl (C=O) groups is 3. The van der Waals surface area contributed by atoms with E-state index in [0.29, 0.717) is 5.57 Å². The van der Waals surface area contributed by atoms with Crippen LogP contribution >= 0.6 is 0 Å². The number of hydrogen-bond acceptors (Lipinski definition) is 13. The lowest BCUT2D eigenvalue weighted by molar-refractivity contribution is -0.157. The van der Waals surface area contributed by atoms with Crippen LogP contribution in [0.15, 0.2) is 63.6 Å². The lowest BCUT2D eigenvalue weighted by Crippen LogP contribution is -2.43. The van der Waals surface area contributed by atoms with E-state index < -0.39 is 64.5 Å². The highest BCUT2D eigenvalue weighted by atomic mass is 19.1. The predicted molar refractivity (Wildman–Crippen MR) is 219 cm³/mol. The zero-order chi connectivity index (χ0) is 43.2. The molecule has 2 aromatic rings. The highest BCUT2D eigenvalue weighted by Gasteiger charge is 2.50. The van der Waals surface area contributed by atoms with Gasteiger partial charge in [0.05, 0.1) is 36.0 Å². The standard InChI is InChI=1S/C45H51FN2O11/c1-20-12-11-13-21(2)38(51)23(4)22(3)24(5)41(57-27(8)49)25(6)31(55-10)16-17-56-45(9)44(54)35-33-34(39(52)26(7)42(35)59-45)40(53)37(47-19-30(20)50)43-36(33)48-29-15-14-28(46)18-32(29)58-43/h11-18,21-25,31,38,41,47,51-52H,19H2,1-10H3/b13-11+,17-16+,20-12-/t21-,22+,23-,24+,25+,31-,38-,41-,45-/m0/s1. The maximum Gasteiger partial charge on any atom is 0.312 e. The number of carbonyl (C=O) groups excluding carboxylic acids is 3. The number of allylic oxidation sites excluding steroid dienone is 2. The summed E-state index contributed by atoms with van der Waals surface area (Å²) in [6.45, 7) is 15.0. The molecule has 0 saturated carbocycles. The molecule has 314 valence electrons. The van der Waals surface area contributed by atoms with Gasteiger partial charge in [-0.3, -0.25) is 19.2 Å². The van der Waals surface area contributed by atoms with Crippen LogP contribution in [-0.4, -0.2) is 70.5 Å². The van der Waals surface area contributed by atoms with Gasteiger partial charge in [0.15, 0.2) is 17.1 Å². The van der Waals surface area contributed by atoms with Gasteiger partial charge in [0, 0.05) is 49.8 Å². The summed E-state index contributed by atoms with van der Waals surface area (Å²) in [5, 5.41) is 25.6. The number of benzene rings is 3. The summed E-state index contributed by atoms with van der Waals surface area (Å²) >= 11 is 0. The second kappa shape index (κ2) is 16.6. The number of hydrogen-bond donors (Lipinski definition) is 3. The minimum Gasteiger partial charge on any atom is -0.507 e. The molecule has 0 radical (unpaired) electrons. The Hall–Kier alpha value is -5.60. The van der Waals surface area contributed by atoms with Crippen molar-refractivity contribution in [2.75, 3.05) is 19.0 Å². The van der Waals surface area contributed by atoms with Gasteiger partial charge in [-0.05, 0) is 55.4 Å². The van der Waals surface area contributed by atoms with Gasteiger partial charge in [-0.15, -0.1) is 0 Å². The van der Waals surface area contributed by atoms with Crippen molar-refractivity contribution in [3.8, 4) is 23.0 Å². The molecule has 0 spiro atoms. The number of Topliss-reactive ketones (excluding diaryl/α,β-unsaturated/α-hetero) is 2. The van der Waals surface area contributed by atoms with E-state index in [1.54, 1.807) is 31.2 Å². The van der Waals surface area contributed by atoms with Crippen LogP contribution in [0.5, 0.6) is 11.5 Å². The van der Waals surface area contributed by atoms with Crippen LogP contribution in [0.3, 0.4) is 0 Å². The van der Waals surface area contributed by atoms with Gasteiger partial charge < -0.3 is 38.9 Å². The average molecular weight is 815 g/mol. The zero-order valence-corrected chi connectivity index (χ0v) is 34.8. The lowest BCUT2D eigenvalue weighted by Gasteiger charge is -2.39. The lowest BCUT2D eigenvalue weighted by atomic mass is 9.73. The van der Waals surface area contributed by atoms with Gasteiger partial charge in [-0.25, -0.2) is 9.37 Å². The molecule has 4 bridgehead atoms. The van der Waals surface area contributed by atoms with Crippen LogP contribution in [0.4, 0.5) is 10.1 Å². The topological polar surface area (TPSA) is 184 Å². The summed E-state index contributed by atoms with van der Waals surface area (Å²) in [4.78, 5) is 59.6. The van der Waals surface area contributed by atoms with Crippen LogP contribution in [-0.2, 0) is 23.8 Å². The highest BCUT2D eigenvalue weighted by molar-refractivity contribution is 6.21. The molecule has 0 amide bonds. The maximum atomic E-state index is 14.6. The fourth-order valence-corrected chi connectivity index (χ4v) is 8.15. The number of methoxy groups -OCH3 is 1. The van der Waals surface area contributed by atoms with E-state index >= 15 is 0 Å². The number of anilines is 1. The molecule has 4 aliphatic rings. The van der Waals surface area contributed by atoms with Crippen LogP contribution in [0.1, 0.15) is 71.3 Å². The highest BCUT2D eigenvalue weighted by Crippen LogP contribution is 2.50. The Morgan fingerprint density at radius 1 is 1.02 bits per heavy atom. The second-order valence-corrected chi connectivity index (χ2v) is 16.0. The van der Waals surface area contributed by atoms with Crippen LogP contribution in [0.2, 0.25) is 0 Å². The van der Waals surface area contributed by atoms with Crippen molar-refractivity contribution >= 4 is 45.1 Å². The number of halogens is 1. The van der Waals surface area contributed by atoms with Crippen LogP contribution in [0, 0.1) is 42.3 Å². The number of ether oxygens (including phenoxy) is 4. The molecule has 3 aliphatic heterocycles. The molecule has 9 atom stereocenters. The van der Waals surface area contributed by atoms with Gasteiger partial charge in [-0.1, -0.05) is 52.8 Å². The van der Waals surface area contributed by atoms with Crippen molar-refractivity contribution in [1.82, 2.24) is 4.98 Å². The summed E-state index contributed by atoms with van der Waals surface area (Å²) in [6.07, 6.45) is 5.75. The molecular formula is C45H51FN2O11. The fraction of sp³-hybridized carbons (Fsp3) is 0.444. The third-order valence-electron chi connectivity index (χ3n) is 12.1. The molecule has 6 rings (SSSR count). The fourth-order valence-electron chi connectivity index (χ4n) is 8.15. The van der Waals surface area contributed by atoms with Crippen LogP contribution in [0.25, 0.3) is 33.3 Å². The summed E-state index contributed by atoms with van der Waals surface area (Å²) < 4.78 is 44.5. The van der Waals surface area contributed by atoms with E-state index in [2.05, 4.69) is 5.32 Å². The van der Waals surface area contributed by atoms with E-state index in [9.17, 15) is 33.8 Å². The number of aliphatic hydroxyl groups excluding tert-OH is 1. The maximum absolute atomic E-state index is 14.6. The van der Waals surface area contributed by atoms with Gasteiger partial charge in [-0.2, -0.15) is 0 Å². The molecular weight excluding hydrogens is 763 g/mol. The van der Waals surface area contributed by atoms with E-state index in [4.69, 9.17) is 28.3 Å². The molecule has 2 aromatic carbocycles. The van der Waals surface area contributed by atoms with Crippen molar-refractivity contribution in [2.45, 2.75) is 86.4 Å². The van der Waals surface area contributed by atoms with Crippen molar-refractivity contribution in [3.63, 3.8) is 0 Å². The molecule has 1 aliphatic carbocycles. The molecule has 0 aromatic heterocycles. The van der Waals surface area contributed by atoms with Gasteiger partial charge in [0.25, 0.3) is 5.78 Å². The molecule has 14 heteroatoms. The number of fused-ring (bicyclic) bond motifs is 2. The largest absolute Gasteiger partial charge is 0.507 e. The first-order valence-electron chi connectivity index (χ1n) is 19.6. The Bertz CT molecular complexity index is 2450. The van der Waals surface area contributed by atoms with E-state index in [0.717, 1.165) is 6.07 Å². The molecule has 0 unspecified atom stereocenters. The number of nitrogens with one attached hydrogen (secondary N) is 1. The molecule has 0 fully saturated rings. The molecule has 59 heavy (non-hydrogen) atoms. The zero-order valence-electron chi connectivity index (χ0n) is 34.8. The van der Waals surface area contributed by atoms with Crippen molar-refractivity contribution in [1.29, 1.82) is 0 Å². The van der Waals surface area contributed by atoms with E-state index in [1.165, 1.54) is 46.3 Å². The molecule has 0 saturated heterocycles. The number of nitrogens with zero attached hydrogens (tertiary/aromatic N) is 1. The number of phenolic OH excluding ortho intramolecular Hbond substituents is 1. The number of phenols is 1. The number of rotatable bonds is 2. The first kappa shape index (κ1) is 43.0. The first-order chi connectivity index (χ1) is 27.8. The molecule has 3 heterocycles. The number of aromatic nitrogens is 1. The third kappa shape index (κ3) is 7.83. The Morgan fingerprint density at radius 2 is 1.73 bits per heavy atom. The van der Waals surface area contributed by atoms with Crippen molar-refractivity contribution in [2.24, 2.45) is 29.6 Å². The number of ketones is 2. The minimum atomic E-state index is -2.01. The predicted octanol–water partition coefficient (Wildman–Crippen LogP) is 7.41. The number of aliphatic hydroxyl groups is 1. The Labute approximate surface area is 341 Å². The first-order valence-corrected chi connectivity index (χ1v) is 19.6. The third-order valence-corrected chi connectivity index (χ3v) is 12.1. The quantitative estimate of drug-likeness (QED) is 0.103. The monoisotopic (exact) mass is 814 g/mol. The number of aromatic hydroxyl groups is 1. The average Bonchev–Trinajstić information content (AvgIpc) is 3.46. The number of esters is 1. The smallest absolute Gasteiger partial charge is 0.312 e. The summed E-state index contributed by atoms with van der Waals surface area (Å²) in [7, 11) is 1.49. The Balaban J connectivity index is 1.55. The van der Waals surface area contributed by atoms with E-state index in [1.807, 2.05) is 34.6 Å². The molecule has 3 N–H and O–H groups in total.